The van der Waals surface area contributed by atoms with Crippen LogP contribution in [0.4, 0.5) is 5.82 Å². The minimum Gasteiger partial charge on any atom is -0.462 e. The Labute approximate surface area is 133 Å². The monoisotopic (exact) mass is 318 g/mol. The molecule has 0 bridgehead atoms. The Hall–Kier alpha value is -2.48. The van der Waals surface area contributed by atoms with Crippen LogP contribution in [0.15, 0.2) is 22.9 Å². The largest absolute Gasteiger partial charge is 0.462 e. The van der Waals surface area contributed by atoms with Crippen LogP contribution in [0.2, 0.25) is 0 Å². The maximum atomic E-state index is 11.6. The first kappa shape index (κ1) is 15.4. The number of nitrogens with zero attached hydrogens (tertiary/aromatic N) is 4. The predicted octanol–water partition coefficient (Wildman–Crippen LogP) is 1.53. The lowest BCUT2D eigenvalue weighted by atomic mass is 10.2. The van der Waals surface area contributed by atoms with Crippen molar-refractivity contribution in [1.82, 2.24) is 15.1 Å². The van der Waals surface area contributed by atoms with Gasteiger partial charge in [0.1, 0.15) is 11.9 Å². The van der Waals surface area contributed by atoms with Gasteiger partial charge in [-0.15, -0.1) is 0 Å². The SMILES string of the molecule is CCOC(=O)c1ccc(N2CCO[C@@H](c3noc(C)n3)C2)nc1. The van der Waals surface area contributed by atoms with Gasteiger partial charge in [-0.25, -0.2) is 9.78 Å². The second-order valence-electron chi connectivity index (χ2n) is 5.10. The zero-order chi connectivity index (χ0) is 16.2. The molecule has 0 spiro atoms. The fourth-order valence-corrected chi connectivity index (χ4v) is 2.37. The lowest BCUT2D eigenvalue weighted by Crippen LogP contribution is -2.39. The number of carbonyl (C=O) groups is 1. The van der Waals surface area contributed by atoms with Crippen molar-refractivity contribution >= 4 is 11.8 Å². The highest BCUT2D eigenvalue weighted by molar-refractivity contribution is 5.89. The van der Waals surface area contributed by atoms with Crippen LogP contribution in [0.5, 0.6) is 0 Å². The van der Waals surface area contributed by atoms with Gasteiger partial charge in [0, 0.05) is 19.7 Å². The summed E-state index contributed by atoms with van der Waals surface area (Å²) in [5.74, 6) is 1.45. The molecule has 2 aromatic heterocycles. The number of hydrogen-bond donors (Lipinski definition) is 0. The van der Waals surface area contributed by atoms with Crippen molar-refractivity contribution in [3.05, 3.63) is 35.6 Å². The highest BCUT2D eigenvalue weighted by Crippen LogP contribution is 2.23. The minimum atomic E-state index is -0.367. The van der Waals surface area contributed by atoms with Crippen molar-refractivity contribution in [2.24, 2.45) is 0 Å². The molecule has 8 nitrogen and oxygen atoms in total. The summed E-state index contributed by atoms with van der Waals surface area (Å²) in [5, 5.41) is 3.91. The molecule has 0 amide bonds. The molecule has 0 saturated carbocycles. The summed E-state index contributed by atoms with van der Waals surface area (Å²) >= 11 is 0. The first-order valence-corrected chi connectivity index (χ1v) is 7.47. The molecule has 0 aliphatic carbocycles. The van der Waals surface area contributed by atoms with Gasteiger partial charge in [-0.05, 0) is 19.1 Å². The quantitative estimate of drug-likeness (QED) is 0.784. The predicted molar refractivity (Wildman–Crippen MR) is 80.1 cm³/mol. The number of carbonyl (C=O) groups excluding carboxylic acids is 1. The van der Waals surface area contributed by atoms with Gasteiger partial charge >= 0.3 is 5.97 Å². The molecule has 122 valence electrons. The van der Waals surface area contributed by atoms with E-state index in [1.165, 1.54) is 6.20 Å². The molecule has 23 heavy (non-hydrogen) atoms. The van der Waals surface area contributed by atoms with Crippen LogP contribution in [0.3, 0.4) is 0 Å². The maximum Gasteiger partial charge on any atom is 0.339 e. The van der Waals surface area contributed by atoms with Crippen LogP contribution in [0.25, 0.3) is 0 Å². The summed E-state index contributed by atoms with van der Waals surface area (Å²) in [6.45, 7) is 5.68. The number of aromatic nitrogens is 3. The van der Waals surface area contributed by atoms with Gasteiger partial charge in [0.25, 0.3) is 0 Å². The van der Waals surface area contributed by atoms with E-state index in [1.54, 1.807) is 26.0 Å². The topological polar surface area (TPSA) is 90.6 Å². The van der Waals surface area contributed by atoms with Gasteiger partial charge in [0.05, 0.1) is 25.3 Å². The van der Waals surface area contributed by atoms with Gasteiger partial charge in [0.15, 0.2) is 0 Å². The molecule has 2 aromatic rings. The molecule has 0 radical (unpaired) electrons. The van der Waals surface area contributed by atoms with Crippen molar-refractivity contribution in [1.29, 1.82) is 0 Å². The van der Waals surface area contributed by atoms with E-state index in [2.05, 4.69) is 20.0 Å². The minimum absolute atomic E-state index is 0.257. The number of hydrogen-bond acceptors (Lipinski definition) is 8. The smallest absolute Gasteiger partial charge is 0.339 e. The summed E-state index contributed by atoms with van der Waals surface area (Å²) in [6, 6.07) is 3.51. The van der Waals surface area contributed by atoms with E-state index in [1.807, 2.05) is 0 Å². The summed E-state index contributed by atoms with van der Waals surface area (Å²) < 4.78 is 15.6. The number of aryl methyl sites for hydroxylation is 1. The summed E-state index contributed by atoms with van der Waals surface area (Å²) in [7, 11) is 0. The molecular weight excluding hydrogens is 300 g/mol. The number of esters is 1. The fourth-order valence-electron chi connectivity index (χ4n) is 2.37. The molecule has 1 aliphatic rings. The van der Waals surface area contributed by atoms with Crippen LogP contribution in [0.1, 0.15) is 35.1 Å². The molecule has 1 fully saturated rings. The second-order valence-corrected chi connectivity index (χ2v) is 5.10. The van der Waals surface area contributed by atoms with Crippen molar-refractivity contribution in [2.75, 3.05) is 31.2 Å². The number of pyridine rings is 1. The van der Waals surface area contributed by atoms with Gasteiger partial charge in [-0.3, -0.25) is 0 Å². The van der Waals surface area contributed by atoms with Crippen molar-refractivity contribution in [3.63, 3.8) is 0 Å². The fraction of sp³-hybridized carbons (Fsp3) is 0.467. The number of anilines is 1. The molecule has 0 aromatic carbocycles. The Balaban J connectivity index is 1.70. The van der Waals surface area contributed by atoms with Crippen LogP contribution in [0, 0.1) is 6.92 Å². The Morgan fingerprint density at radius 1 is 1.48 bits per heavy atom. The molecule has 1 atom stereocenters. The van der Waals surface area contributed by atoms with Crippen molar-refractivity contribution in [2.45, 2.75) is 20.0 Å². The first-order valence-electron chi connectivity index (χ1n) is 7.47. The van der Waals surface area contributed by atoms with Crippen molar-refractivity contribution in [3.8, 4) is 0 Å². The molecule has 3 heterocycles. The Morgan fingerprint density at radius 3 is 3.00 bits per heavy atom. The molecule has 8 heteroatoms. The van der Waals surface area contributed by atoms with Gasteiger partial charge in [-0.1, -0.05) is 5.16 Å². The summed E-state index contributed by atoms with van der Waals surface area (Å²) in [4.78, 5) is 22.3. The average Bonchev–Trinajstić information content (AvgIpc) is 3.02. The van der Waals surface area contributed by atoms with Crippen LogP contribution in [-0.4, -0.2) is 47.4 Å². The first-order chi connectivity index (χ1) is 11.2. The molecule has 1 aliphatic heterocycles. The highest BCUT2D eigenvalue weighted by Gasteiger charge is 2.26. The third-order valence-electron chi connectivity index (χ3n) is 3.48. The van der Waals surface area contributed by atoms with Gasteiger partial charge in [-0.2, -0.15) is 4.98 Å². The molecule has 1 saturated heterocycles. The standard InChI is InChI=1S/C15H18N4O4/c1-3-21-15(20)11-4-5-13(16-8-11)19-6-7-22-12(9-19)14-17-10(2)23-18-14/h4-5,8,12H,3,6-7,9H2,1-2H3/t12-/m1/s1. The van der Waals surface area contributed by atoms with Gasteiger partial charge in [0.2, 0.25) is 11.7 Å². The van der Waals surface area contributed by atoms with E-state index < -0.39 is 0 Å². The van der Waals surface area contributed by atoms with E-state index in [-0.39, 0.29) is 12.1 Å². The van der Waals surface area contributed by atoms with E-state index in [9.17, 15) is 4.79 Å². The number of rotatable bonds is 4. The highest BCUT2D eigenvalue weighted by atomic mass is 16.5. The van der Waals surface area contributed by atoms with Crippen LogP contribution in [-0.2, 0) is 9.47 Å². The van der Waals surface area contributed by atoms with Crippen LogP contribution < -0.4 is 4.90 Å². The number of ether oxygens (including phenoxy) is 2. The second kappa shape index (κ2) is 6.74. The molecular formula is C15H18N4O4. The van der Waals surface area contributed by atoms with Crippen molar-refractivity contribution < 1.29 is 18.8 Å². The molecule has 0 unspecified atom stereocenters. The molecule has 0 N–H and O–H groups in total. The lowest BCUT2D eigenvalue weighted by Gasteiger charge is -2.32. The molecule has 3 rings (SSSR count). The van der Waals surface area contributed by atoms with E-state index in [0.717, 1.165) is 5.82 Å². The third kappa shape index (κ3) is 3.48. The Kier molecular flexibility index (Phi) is 4.52. The number of morpholine rings is 1. The normalized spacial score (nSPS) is 18.0. The maximum absolute atomic E-state index is 11.6. The summed E-state index contributed by atoms with van der Waals surface area (Å²) in [6.07, 6.45) is 1.27. The van der Waals surface area contributed by atoms with E-state index >= 15 is 0 Å². The Bertz CT molecular complexity index is 670. The van der Waals surface area contributed by atoms with Gasteiger partial charge < -0.3 is 18.9 Å². The third-order valence-corrected chi connectivity index (χ3v) is 3.48. The van der Waals surface area contributed by atoms with E-state index in [0.29, 0.717) is 43.6 Å². The zero-order valence-corrected chi connectivity index (χ0v) is 13.1. The zero-order valence-electron chi connectivity index (χ0n) is 13.1. The van der Waals surface area contributed by atoms with E-state index in [4.69, 9.17) is 14.0 Å². The summed E-state index contributed by atoms with van der Waals surface area (Å²) in [5.41, 5.74) is 0.439. The Morgan fingerprint density at radius 2 is 2.35 bits per heavy atom. The lowest BCUT2D eigenvalue weighted by molar-refractivity contribution is 0.0323. The average molecular weight is 318 g/mol. The van der Waals surface area contributed by atoms with Crippen LogP contribution >= 0.6 is 0 Å².